The van der Waals surface area contributed by atoms with Gasteiger partial charge in [0.25, 0.3) is 5.91 Å². The number of hydrogen-bond acceptors (Lipinski definition) is 3. The van der Waals surface area contributed by atoms with E-state index in [0.29, 0.717) is 37.6 Å². The number of ether oxygens (including phenoxy) is 1. The number of amides is 3. The Morgan fingerprint density at radius 2 is 1.90 bits per heavy atom. The van der Waals surface area contributed by atoms with Gasteiger partial charge in [-0.2, -0.15) is 13.2 Å². The minimum atomic E-state index is -4.51. The lowest BCUT2D eigenvalue weighted by Gasteiger charge is -2.38. The molecule has 6 nitrogen and oxygen atoms in total. The normalized spacial score (nSPS) is 23.3. The van der Waals surface area contributed by atoms with E-state index in [9.17, 15) is 22.8 Å². The number of nitrogens with zero attached hydrogens (tertiary/aromatic N) is 2. The Hall–Kier alpha value is -2.55. The van der Waals surface area contributed by atoms with Crippen molar-refractivity contribution in [2.45, 2.75) is 38.0 Å². The van der Waals surface area contributed by atoms with Gasteiger partial charge < -0.3 is 15.0 Å². The van der Waals surface area contributed by atoms with E-state index in [-0.39, 0.29) is 23.5 Å². The van der Waals surface area contributed by atoms with Crippen molar-refractivity contribution in [1.29, 1.82) is 0 Å². The zero-order valence-electron chi connectivity index (χ0n) is 16.0. The van der Waals surface area contributed by atoms with Gasteiger partial charge in [0.15, 0.2) is 0 Å². The zero-order chi connectivity index (χ0) is 20.8. The van der Waals surface area contributed by atoms with Gasteiger partial charge in [0.05, 0.1) is 30.4 Å². The summed E-state index contributed by atoms with van der Waals surface area (Å²) in [5.74, 6) is -0.279. The second-order valence-electron chi connectivity index (χ2n) is 7.51. The van der Waals surface area contributed by atoms with Crippen LogP contribution in [-0.4, -0.2) is 54.1 Å². The highest BCUT2D eigenvalue weighted by Crippen LogP contribution is 2.39. The molecular formula is C20H22F3N3O3. The van der Waals surface area contributed by atoms with Gasteiger partial charge in [-0.3, -0.25) is 9.69 Å². The largest absolute Gasteiger partial charge is 0.416 e. The van der Waals surface area contributed by atoms with Crippen molar-refractivity contribution >= 4 is 11.9 Å². The van der Waals surface area contributed by atoms with Crippen molar-refractivity contribution < 1.29 is 27.5 Å². The van der Waals surface area contributed by atoms with Gasteiger partial charge in [-0.1, -0.05) is 12.1 Å². The van der Waals surface area contributed by atoms with Gasteiger partial charge in [-0.25, -0.2) is 4.79 Å². The van der Waals surface area contributed by atoms with Crippen LogP contribution in [0.2, 0.25) is 0 Å². The third-order valence-corrected chi connectivity index (χ3v) is 5.51. The van der Waals surface area contributed by atoms with E-state index in [1.807, 2.05) is 0 Å². The Balaban J connectivity index is 1.76. The van der Waals surface area contributed by atoms with Crippen LogP contribution in [0.5, 0.6) is 0 Å². The monoisotopic (exact) mass is 409 g/mol. The summed E-state index contributed by atoms with van der Waals surface area (Å²) < 4.78 is 44.9. The molecule has 0 bridgehead atoms. The van der Waals surface area contributed by atoms with E-state index in [1.165, 1.54) is 12.1 Å². The van der Waals surface area contributed by atoms with E-state index in [0.717, 1.165) is 25.0 Å². The highest BCUT2D eigenvalue weighted by Gasteiger charge is 2.43. The van der Waals surface area contributed by atoms with Crippen LogP contribution in [0.1, 0.15) is 36.9 Å². The third kappa shape index (κ3) is 3.83. The van der Waals surface area contributed by atoms with Crippen LogP contribution >= 0.6 is 0 Å². The van der Waals surface area contributed by atoms with Gasteiger partial charge >= 0.3 is 12.2 Å². The first-order valence-electron chi connectivity index (χ1n) is 9.62. The first-order valence-corrected chi connectivity index (χ1v) is 9.62. The SMILES string of the molecule is CC1=C(C(=O)N2CCOCC2)[C@@H](c2cccc(C(F)(F)F)c2)NC(=O)N1C1CC1. The maximum atomic E-state index is 13.3. The van der Waals surface area contributed by atoms with Crippen LogP contribution in [-0.2, 0) is 15.7 Å². The van der Waals surface area contributed by atoms with Crippen LogP contribution in [0, 0.1) is 0 Å². The first kappa shape index (κ1) is 19.8. The van der Waals surface area contributed by atoms with E-state index < -0.39 is 17.8 Å². The summed E-state index contributed by atoms with van der Waals surface area (Å²) in [5.41, 5.74) is 0.247. The van der Waals surface area contributed by atoms with Crippen molar-refractivity contribution in [3.05, 3.63) is 46.7 Å². The minimum absolute atomic E-state index is 0.0324. The predicted molar refractivity (Wildman–Crippen MR) is 97.7 cm³/mol. The van der Waals surface area contributed by atoms with Gasteiger partial charge in [0.1, 0.15) is 0 Å². The van der Waals surface area contributed by atoms with Gasteiger partial charge in [-0.05, 0) is 37.5 Å². The number of benzene rings is 1. The van der Waals surface area contributed by atoms with Crippen molar-refractivity contribution in [2.24, 2.45) is 0 Å². The Morgan fingerprint density at radius 1 is 1.21 bits per heavy atom. The topological polar surface area (TPSA) is 61.9 Å². The molecule has 3 aliphatic rings. The molecule has 3 amide bonds. The van der Waals surface area contributed by atoms with Crippen LogP contribution in [0.15, 0.2) is 35.5 Å². The molecule has 1 aromatic carbocycles. The molecule has 1 saturated heterocycles. The average Bonchev–Trinajstić information content (AvgIpc) is 3.52. The molecule has 4 rings (SSSR count). The highest BCUT2D eigenvalue weighted by atomic mass is 19.4. The van der Waals surface area contributed by atoms with Crippen LogP contribution < -0.4 is 5.32 Å². The number of nitrogens with one attached hydrogen (secondary N) is 1. The number of hydrogen-bond donors (Lipinski definition) is 1. The average molecular weight is 409 g/mol. The maximum Gasteiger partial charge on any atom is 0.416 e. The third-order valence-electron chi connectivity index (χ3n) is 5.51. The quantitative estimate of drug-likeness (QED) is 0.835. The number of allylic oxidation sites excluding steroid dienone is 1. The fraction of sp³-hybridized carbons (Fsp3) is 0.500. The first-order chi connectivity index (χ1) is 13.8. The number of rotatable bonds is 3. The second-order valence-corrected chi connectivity index (χ2v) is 7.51. The molecule has 9 heteroatoms. The van der Waals surface area contributed by atoms with Crippen LogP contribution in [0.25, 0.3) is 0 Å². The molecule has 1 aromatic rings. The van der Waals surface area contributed by atoms with E-state index in [4.69, 9.17) is 4.74 Å². The smallest absolute Gasteiger partial charge is 0.378 e. The molecule has 2 heterocycles. The highest BCUT2D eigenvalue weighted by molar-refractivity contribution is 5.98. The number of urea groups is 1. The van der Waals surface area contributed by atoms with Gasteiger partial charge in [-0.15, -0.1) is 0 Å². The summed E-state index contributed by atoms with van der Waals surface area (Å²) in [6, 6.07) is 3.49. The van der Waals surface area contributed by atoms with Crippen molar-refractivity contribution in [1.82, 2.24) is 15.1 Å². The van der Waals surface area contributed by atoms with E-state index >= 15 is 0 Å². The Kier molecular flexibility index (Phi) is 5.02. The maximum absolute atomic E-state index is 13.3. The molecule has 1 aliphatic carbocycles. The van der Waals surface area contributed by atoms with Crippen molar-refractivity contribution in [2.75, 3.05) is 26.3 Å². The van der Waals surface area contributed by atoms with E-state index in [1.54, 1.807) is 16.7 Å². The fourth-order valence-electron chi connectivity index (χ4n) is 3.89. The molecule has 0 unspecified atom stereocenters. The number of alkyl halides is 3. The molecule has 2 fully saturated rings. The summed E-state index contributed by atoms with van der Waals surface area (Å²) in [6.45, 7) is 3.33. The lowest BCUT2D eigenvalue weighted by molar-refractivity contribution is -0.137. The van der Waals surface area contributed by atoms with Crippen LogP contribution in [0.3, 0.4) is 0 Å². The predicted octanol–water partition coefficient (Wildman–Crippen LogP) is 3.07. The Labute approximate surface area is 166 Å². The molecule has 1 N–H and O–H groups in total. The Bertz CT molecular complexity index is 858. The van der Waals surface area contributed by atoms with Crippen molar-refractivity contribution in [3.8, 4) is 0 Å². The minimum Gasteiger partial charge on any atom is -0.378 e. The molecule has 0 aromatic heterocycles. The Morgan fingerprint density at radius 3 is 2.52 bits per heavy atom. The molecular weight excluding hydrogens is 387 g/mol. The number of halogens is 3. The van der Waals surface area contributed by atoms with E-state index in [2.05, 4.69) is 5.32 Å². The molecule has 1 atom stereocenters. The van der Waals surface area contributed by atoms with Crippen molar-refractivity contribution in [3.63, 3.8) is 0 Å². The standard InChI is InChI=1S/C20H22F3N3O3/c1-12-16(18(27)25-7-9-29-10-8-25)17(24-19(28)26(12)15-5-6-15)13-3-2-4-14(11-13)20(21,22)23/h2-4,11,15,17H,5-10H2,1H3,(H,24,28)/t17-/m1/s1. The summed E-state index contributed by atoms with van der Waals surface area (Å²) in [6.07, 6.45) is -2.82. The van der Waals surface area contributed by atoms with Gasteiger partial charge in [0, 0.05) is 24.8 Å². The molecule has 1 saturated carbocycles. The summed E-state index contributed by atoms with van der Waals surface area (Å²) in [7, 11) is 0. The van der Waals surface area contributed by atoms with Gasteiger partial charge in [0.2, 0.25) is 0 Å². The number of morpholine rings is 1. The molecule has 2 aliphatic heterocycles. The molecule has 0 radical (unpaired) electrons. The second kappa shape index (κ2) is 7.37. The summed E-state index contributed by atoms with van der Waals surface area (Å²) in [5, 5.41) is 2.77. The molecule has 156 valence electrons. The molecule has 0 spiro atoms. The zero-order valence-corrected chi connectivity index (χ0v) is 16.0. The summed E-state index contributed by atoms with van der Waals surface area (Å²) >= 11 is 0. The lowest BCUT2D eigenvalue weighted by Crippen LogP contribution is -2.51. The fourth-order valence-corrected chi connectivity index (χ4v) is 3.89. The number of carbonyl (C=O) groups is 2. The molecule has 29 heavy (non-hydrogen) atoms. The van der Waals surface area contributed by atoms with Crippen LogP contribution in [0.4, 0.5) is 18.0 Å². The lowest BCUT2D eigenvalue weighted by atomic mass is 9.92. The number of carbonyl (C=O) groups excluding carboxylic acids is 2. The summed E-state index contributed by atoms with van der Waals surface area (Å²) in [4.78, 5) is 29.2.